The van der Waals surface area contributed by atoms with Gasteiger partial charge in [-0.15, -0.1) is 11.3 Å². The first-order valence-electron chi connectivity index (χ1n) is 11.3. The molecule has 1 aromatic carbocycles. The van der Waals surface area contributed by atoms with Gasteiger partial charge in [-0.25, -0.2) is 9.37 Å². The molecule has 0 saturated heterocycles. The number of carbonyl (C=O) groups is 2. The van der Waals surface area contributed by atoms with E-state index in [0.29, 0.717) is 26.8 Å². The first-order valence-corrected chi connectivity index (χ1v) is 12.1. The maximum atomic E-state index is 14.9. The largest absolute Gasteiger partial charge is 0.386 e. The molecule has 9 nitrogen and oxygen atoms in total. The Morgan fingerprint density at radius 3 is 2.59 bits per heavy atom. The number of anilines is 1. The summed E-state index contributed by atoms with van der Waals surface area (Å²) in [5.74, 6) is -1.55. The second-order valence-corrected chi connectivity index (χ2v) is 9.77. The van der Waals surface area contributed by atoms with Gasteiger partial charge in [-0.1, -0.05) is 18.2 Å². The van der Waals surface area contributed by atoms with E-state index in [4.69, 9.17) is 5.73 Å². The summed E-state index contributed by atoms with van der Waals surface area (Å²) in [7, 11) is 0. The molecule has 0 bridgehead atoms. The van der Waals surface area contributed by atoms with E-state index in [1.54, 1.807) is 62.8 Å². The van der Waals surface area contributed by atoms with Gasteiger partial charge in [0.1, 0.15) is 16.5 Å². The molecule has 11 heteroatoms. The first kappa shape index (κ1) is 25.9. The Balaban J connectivity index is 1.49. The molecule has 37 heavy (non-hydrogen) atoms. The van der Waals surface area contributed by atoms with Crippen LogP contribution in [0.4, 0.5) is 9.39 Å². The third-order valence-corrected chi connectivity index (χ3v) is 6.58. The van der Waals surface area contributed by atoms with E-state index >= 15 is 0 Å². The molecule has 4 aromatic rings. The topological polar surface area (TPSA) is 143 Å². The van der Waals surface area contributed by atoms with E-state index in [0.717, 1.165) is 0 Å². The number of primary amides is 1. The van der Waals surface area contributed by atoms with E-state index in [1.807, 2.05) is 0 Å². The number of aliphatic hydroxyl groups is 1. The Kier molecular flexibility index (Phi) is 7.55. The number of nitrogens with one attached hydrogen (secondary N) is 2. The molecule has 3 aromatic heterocycles. The Bertz CT molecular complexity index is 1440. The number of amides is 2. The predicted molar refractivity (Wildman–Crippen MR) is 138 cm³/mol. The van der Waals surface area contributed by atoms with Gasteiger partial charge in [0.15, 0.2) is 0 Å². The Hall–Kier alpha value is -4.22. The fourth-order valence-corrected chi connectivity index (χ4v) is 4.58. The zero-order valence-electron chi connectivity index (χ0n) is 20.2. The lowest BCUT2D eigenvalue weighted by molar-refractivity contribution is 0.0782. The number of rotatable bonds is 9. The third kappa shape index (κ3) is 6.32. The molecule has 0 aliphatic carbocycles. The zero-order valence-corrected chi connectivity index (χ0v) is 21.0. The van der Waals surface area contributed by atoms with Crippen molar-refractivity contribution in [2.24, 2.45) is 5.73 Å². The fourth-order valence-electron chi connectivity index (χ4n) is 3.49. The van der Waals surface area contributed by atoms with Crippen LogP contribution in [0.15, 0.2) is 61.1 Å². The molecular weight excluding hydrogens is 495 g/mol. The lowest BCUT2D eigenvalue weighted by Crippen LogP contribution is -2.24. The van der Waals surface area contributed by atoms with Crippen molar-refractivity contribution >= 4 is 28.2 Å². The lowest BCUT2D eigenvalue weighted by Gasteiger charge is -2.18. The number of halogens is 1. The number of hydrogen-bond acceptors (Lipinski definition) is 8. The fraction of sp³-hybridized carbons (Fsp3) is 0.192. The third-order valence-electron chi connectivity index (χ3n) is 5.45. The summed E-state index contributed by atoms with van der Waals surface area (Å²) in [6, 6.07) is 11.0. The standard InChI is InChI=1S/C26H25FN6O3S/c1-26(2,36)15-6-7-18(20(27)10-15)22-11-19(23(28)34)25(37-22)32-13-16-4-3-5-21(33-16)24(35)31-14-17-12-29-8-9-30-17/h3-12,32,36H,13-14H2,1-2H3,(H2,28,34)(H,31,35). The maximum Gasteiger partial charge on any atom is 0.270 e. The van der Waals surface area contributed by atoms with Gasteiger partial charge in [-0.05, 0) is 43.7 Å². The van der Waals surface area contributed by atoms with Crippen molar-refractivity contribution in [1.82, 2.24) is 20.3 Å². The molecule has 2 amide bonds. The minimum absolute atomic E-state index is 0.200. The van der Waals surface area contributed by atoms with Gasteiger partial charge < -0.3 is 21.5 Å². The highest BCUT2D eigenvalue weighted by molar-refractivity contribution is 7.19. The second kappa shape index (κ2) is 10.8. The molecule has 0 unspecified atom stereocenters. The molecule has 0 radical (unpaired) electrons. The van der Waals surface area contributed by atoms with Crippen molar-refractivity contribution < 1.29 is 19.1 Å². The minimum Gasteiger partial charge on any atom is -0.386 e. The normalized spacial score (nSPS) is 11.2. The number of hydrogen-bond donors (Lipinski definition) is 4. The molecule has 0 aliphatic heterocycles. The van der Waals surface area contributed by atoms with E-state index in [2.05, 4.69) is 25.6 Å². The summed E-state index contributed by atoms with van der Waals surface area (Å²) >= 11 is 1.17. The number of thiophene rings is 1. The van der Waals surface area contributed by atoms with Gasteiger partial charge in [-0.3, -0.25) is 19.6 Å². The number of nitrogens with two attached hydrogens (primary N) is 1. The van der Waals surface area contributed by atoms with Crippen LogP contribution in [-0.2, 0) is 18.7 Å². The molecule has 0 spiro atoms. The molecule has 0 fully saturated rings. The van der Waals surface area contributed by atoms with E-state index in [-0.39, 0.29) is 35.8 Å². The van der Waals surface area contributed by atoms with Gasteiger partial charge in [0.05, 0.1) is 41.8 Å². The van der Waals surface area contributed by atoms with E-state index in [9.17, 15) is 19.1 Å². The van der Waals surface area contributed by atoms with Gasteiger partial charge in [0.2, 0.25) is 0 Å². The Labute approximate surface area is 216 Å². The van der Waals surface area contributed by atoms with Crippen LogP contribution in [0, 0.1) is 5.82 Å². The van der Waals surface area contributed by atoms with Crippen molar-refractivity contribution in [2.45, 2.75) is 32.5 Å². The van der Waals surface area contributed by atoms with Crippen LogP contribution in [0.1, 0.15) is 51.6 Å². The van der Waals surface area contributed by atoms with Gasteiger partial charge in [0.25, 0.3) is 11.8 Å². The van der Waals surface area contributed by atoms with Crippen LogP contribution in [0.2, 0.25) is 0 Å². The molecule has 3 heterocycles. The number of aromatic nitrogens is 3. The second-order valence-electron chi connectivity index (χ2n) is 8.72. The predicted octanol–water partition coefficient (Wildman–Crippen LogP) is 3.61. The van der Waals surface area contributed by atoms with Crippen molar-refractivity contribution in [3.63, 3.8) is 0 Å². The average molecular weight is 521 g/mol. The highest BCUT2D eigenvalue weighted by atomic mass is 32.1. The van der Waals surface area contributed by atoms with Gasteiger partial charge >= 0.3 is 0 Å². The van der Waals surface area contributed by atoms with Crippen LogP contribution in [0.25, 0.3) is 10.4 Å². The van der Waals surface area contributed by atoms with Gasteiger partial charge in [0, 0.05) is 22.8 Å². The highest BCUT2D eigenvalue weighted by Crippen LogP contribution is 2.37. The summed E-state index contributed by atoms with van der Waals surface area (Å²) in [4.78, 5) is 37.5. The van der Waals surface area contributed by atoms with Crippen molar-refractivity contribution in [3.8, 4) is 10.4 Å². The first-order chi connectivity index (χ1) is 17.6. The maximum absolute atomic E-state index is 14.9. The number of pyridine rings is 1. The van der Waals surface area contributed by atoms with Crippen LogP contribution < -0.4 is 16.4 Å². The minimum atomic E-state index is -1.19. The SMILES string of the molecule is CC(C)(O)c1ccc(-c2cc(C(N)=O)c(NCc3cccc(C(=O)NCc4cnccn4)n3)s2)c(F)c1. The van der Waals surface area contributed by atoms with Crippen molar-refractivity contribution in [1.29, 1.82) is 0 Å². The molecule has 0 aliphatic rings. The van der Waals surface area contributed by atoms with Gasteiger partial charge in [-0.2, -0.15) is 0 Å². The summed E-state index contributed by atoms with van der Waals surface area (Å²) < 4.78 is 14.9. The number of nitrogens with zero attached hydrogens (tertiary/aromatic N) is 3. The highest BCUT2D eigenvalue weighted by Gasteiger charge is 2.21. The zero-order chi connectivity index (χ0) is 26.6. The Morgan fingerprint density at radius 1 is 1.11 bits per heavy atom. The molecule has 0 atom stereocenters. The smallest absolute Gasteiger partial charge is 0.270 e. The number of carbonyl (C=O) groups excluding carboxylic acids is 2. The van der Waals surface area contributed by atoms with Crippen molar-refractivity contribution in [3.05, 3.63) is 95.1 Å². The molecule has 5 N–H and O–H groups in total. The monoisotopic (exact) mass is 520 g/mol. The summed E-state index contributed by atoms with van der Waals surface area (Å²) in [5.41, 5.74) is 6.70. The van der Waals surface area contributed by atoms with Crippen LogP contribution in [0.3, 0.4) is 0 Å². The molecule has 4 rings (SSSR count). The van der Waals surface area contributed by atoms with E-state index < -0.39 is 17.3 Å². The molecular formula is C26H25FN6O3S. The number of benzene rings is 1. The van der Waals surface area contributed by atoms with Crippen molar-refractivity contribution in [2.75, 3.05) is 5.32 Å². The summed E-state index contributed by atoms with van der Waals surface area (Å²) in [6.07, 6.45) is 4.66. The molecule has 0 saturated carbocycles. The molecule has 190 valence electrons. The summed E-state index contributed by atoms with van der Waals surface area (Å²) in [5, 5.41) is 16.5. The van der Waals surface area contributed by atoms with Crippen LogP contribution in [-0.4, -0.2) is 31.9 Å². The van der Waals surface area contributed by atoms with E-state index in [1.165, 1.54) is 23.5 Å². The van der Waals surface area contributed by atoms with Crippen LogP contribution >= 0.6 is 11.3 Å². The quantitative estimate of drug-likeness (QED) is 0.264. The average Bonchev–Trinajstić information content (AvgIpc) is 3.30. The van der Waals surface area contributed by atoms with Crippen LogP contribution in [0.5, 0.6) is 0 Å². The summed E-state index contributed by atoms with van der Waals surface area (Å²) in [6.45, 7) is 3.56. The Morgan fingerprint density at radius 2 is 1.92 bits per heavy atom. The lowest BCUT2D eigenvalue weighted by atomic mass is 9.96.